The fraction of sp³-hybridized carbons (Fsp3) is 0.952. The SMILES string of the molecule is CCCCCCCCCCCCCCCCCCCCCCC(=O)O[C@H](COC(=O)CCCCCCCCCCCCCCCCCCC(C)C)COP(=O)(O)OC[C@@H](O)COP(=O)(O)OC[C@@H](COC(=O)CCCCCCCCCCCCCC)OC(=O)CCCCCCCCCCC(C)CC. The average molecular weight is 1510 g/mol. The van der Waals surface area contributed by atoms with Crippen LogP contribution in [0.3, 0.4) is 0 Å². The van der Waals surface area contributed by atoms with Crippen LogP contribution in [0.25, 0.3) is 0 Å². The molecule has 0 aromatic rings. The van der Waals surface area contributed by atoms with Gasteiger partial charge in [0.15, 0.2) is 12.2 Å². The summed E-state index contributed by atoms with van der Waals surface area (Å²) in [6.07, 6.45) is 66.6. The zero-order chi connectivity index (χ0) is 75.6. The number of unbranched alkanes of at least 4 members (excludes halogenated alkanes) is 52. The van der Waals surface area contributed by atoms with E-state index in [1.54, 1.807) is 0 Å². The van der Waals surface area contributed by atoms with E-state index < -0.39 is 97.5 Å². The maximum Gasteiger partial charge on any atom is 0.472 e. The predicted octanol–water partition coefficient (Wildman–Crippen LogP) is 25.5. The normalized spacial score (nSPS) is 14.1. The summed E-state index contributed by atoms with van der Waals surface area (Å²) in [6.45, 7) is 9.68. The smallest absolute Gasteiger partial charge is 0.462 e. The summed E-state index contributed by atoms with van der Waals surface area (Å²) in [5, 5.41) is 10.7. The maximum absolute atomic E-state index is 13.1. The zero-order valence-corrected chi connectivity index (χ0v) is 69.4. The van der Waals surface area contributed by atoms with Crippen LogP contribution in [-0.2, 0) is 65.4 Å². The third-order valence-corrected chi connectivity index (χ3v) is 22.0. The molecule has 0 aromatic heterocycles. The van der Waals surface area contributed by atoms with E-state index in [4.69, 9.17) is 37.0 Å². The summed E-state index contributed by atoms with van der Waals surface area (Å²) in [7, 11) is -9.92. The third-order valence-electron chi connectivity index (χ3n) is 20.1. The fourth-order valence-corrected chi connectivity index (χ4v) is 14.6. The lowest BCUT2D eigenvalue weighted by Crippen LogP contribution is -2.30. The summed E-state index contributed by atoms with van der Waals surface area (Å²) >= 11 is 0. The predicted molar refractivity (Wildman–Crippen MR) is 423 cm³/mol. The van der Waals surface area contributed by atoms with Crippen LogP contribution in [0, 0.1) is 11.8 Å². The van der Waals surface area contributed by atoms with Crippen molar-refractivity contribution >= 4 is 39.5 Å². The Labute approximate surface area is 632 Å². The molecule has 0 aliphatic carbocycles. The lowest BCUT2D eigenvalue weighted by atomic mass is 9.99. The summed E-state index contributed by atoms with van der Waals surface area (Å²) in [4.78, 5) is 73.1. The van der Waals surface area contributed by atoms with Gasteiger partial charge < -0.3 is 33.8 Å². The number of hydrogen-bond acceptors (Lipinski definition) is 15. The Bertz CT molecular complexity index is 1980. The minimum absolute atomic E-state index is 0.106. The van der Waals surface area contributed by atoms with Crippen molar-refractivity contribution in [2.75, 3.05) is 39.6 Å². The van der Waals surface area contributed by atoms with Crippen LogP contribution < -0.4 is 0 Å². The van der Waals surface area contributed by atoms with E-state index in [9.17, 15) is 43.2 Å². The molecular formula is C84H164O17P2. The number of ether oxygens (including phenoxy) is 4. The van der Waals surface area contributed by atoms with Crippen molar-refractivity contribution in [2.45, 2.75) is 464 Å². The molecule has 3 unspecified atom stereocenters. The van der Waals surface area contributed by atoms with E-state index in [0.717, 1.165) is 102 Å². The largest absolute Gasteiger partial charge is 0.472 e. The number of phosphoric acid groups is 2. The molecule has 0 spiro atoms. The number of carbonyl (C=O) groups is 4. The van der Waals surface area contributed by atoms with Crippen LogP contribution in [-0.4, -0.2) is 96.7 Å². The van der Waals surface area contributed by atoms with E-state index in [-0.39, 0.29) is 25.7 Å². The molecule has 6 atom stereocenters. The molecule has 0 heterocycles. The van der Waals surface area contributed by atoms with Crippen LogP contribution >= 0.6 is 15.6 Å². The highest BCUT2D eigenvalue weighted by atomic mass is 31.2. The first kappa shape index (κ1) is 101. The molecule has 0 bridgehead atoms. The highest BCUT2D eigenvalue weighted by Gasteiger charge is 2.30. The molecule has 612 valence electrons. The Morgan fingerprint density at radius 1 is 0.282 bits per heavy atom. The van der Waals surface area contributed by atoms with Crippen molar-refractivity contribution in [1.82, 2.24) is 0 Å². The Morgan fingerprint density at radius 3 is 0.738 bits per heavy atom. The molecule has 0 radical (unpaired) electrons. The molecule has 0 fully saturated rings. The van der Waals surface area contributed by atoms with Crippen molar-refractivity contribution < 1.29 is 80.2 Å². The van der Waals surface area contributed by atoms with Gasteiger partial charge in [0.1, 0.15) is 19.3 Å². The van der Waals surface area contributed by atoms with Crippen LogP contribution in [0.15, 0.2) is 0 Å². The molecule has 0 aliphatic rings. The number of hydrogen-bond donors (Lipinski definition) is 3. The van der Waals surface area contributed by atoms with Crippen molar-refractivity contribution in [3.05, 3.63) is 0 Å². The van der Waals surface area contributed by atoms with E-state index in [1.165, 1.54) is 263 Å². The number of rotatable bonds is 83. The molecule has 0 saturated heterocycles. The van der Waals surface area contributed by atoms with Gasteiger partial charge in [0.25, 0.3) is 0 Å². The molecular weight excluding hydrogens is 1340 g/mol. The summed E-state index contributed by atoms with van der Waals surface area (Å²) in [6, 6.07) is 0. The highest BCUT2D eigenvalue weighted by molar-refractivity contribution is 7.47. The topological polar surface area (TPSA) is 237 Å². The zero-order valence-electron chi connectivity index (χ0n) is 67.6. The van der Waals surface area contributed by atoms with Gasteiger partial charge in [-0.3, -0.25) is 37.3 Å². The maximum atomic E-state index is 13.1. The first-order valence-electron chi connectivity index (χ1n) is 43.5. The van der Waals surface area contributed by atoms with Gasteiger partial charge in [-0.25, -0.2) is 9.13 Å². The van der Waals surface area contributed by atoms with E-state index in [0.29, 0.717) is 25.7 Å². The van der Waals surface area contributed by atoms with Crippen LogP contribution in [0.1, 0.15) is 446 Å². The van der Waals surface area contributed by atoms with Gasteiger partial charge in [0, 0.05) is 25.7 Å². The first-order valence-corrected chi connectivity index (χ1v) is 46.5. The van der Waals surface area contributed by atoms with E-state index >= 15 is 0 Å². The van der Waals surface area contributed by atoms with E-state index in [2.05, 4.69) is 41.5 Å². The van der Waals surface area contributed by atoms with Gasteiger partial charge in [-0.15, -0.1) is 0 Å². The summed E-state index contributed by atoms with van der Waals surface area (Å²) in [5.74, 6) is -0.523. The van der Waals surface area contributed by atoms with Crippen LogP contribution in [0.4, 0.5) is 0 Å². The second-order valence-electron chi connectivity index (χ2n) is 30.9. The highest BCUT2D eigenvalue weighted by Crippen LogP contribution is 2.45. The van der Waals surface area contributed by atoms with Gasteiger partial charge in [-0.1, -0.05) is 395 Å². The Kier molecular flexibility index (Phi) is 74.1. The average Bonchev–Trinajstić information content (AvgIpc) is 0.916. The molecule has 0 amide bonds. The molecule has 0 aromatic carbocycles. The number of aliphatic hydroxyl groups is 1. The molecule has 103 heavy (non-hydrogen) atoms. The lowest BCUT2D eigenvalue weighted by molar-refractivity contribution is -0.161. The summed E-state index contributed by atoms with van der Waals surface area (Å²) < 4.78 is 68.8. The van der Waals surface area contributed by atoms with Crippen molar-refractivity contribution in [1.29, 1.82) is 0 Å². The Balaban J connectivity index is 5.23. The molecule has 3 N–H and O–H groups in total. The van der Waals surface area contributed by atoms with Crippen molar-refractivity contribution in [2.24, 2.45) is 11.8 Å². The number of phosphoric ester groups is 2. The third kappa shape index (κ3) is 76.6. The molecule has 0 rings (SSSR count). The second kappa shape index (κ2) is 75.5. The first-order chi connectivity index (χ1) is 49.9. The quantitative estimate of drug-likeness (QED) is 0.0222. The van der Waals surface area contributed by atoms with Gasteiger partial charge in [-0.2, -0.15) is 0 Å². The fourth-order valence-electron chi connectivity index (χ4n) is 13.0. The molecule has 0 saturated carbocycles. The minimum Gasteiger partial charge on any atom is -0.462 e. The monoisotopic (exact) mass is 1510 g/mol. The Morgan fingerprint density at radius 2 is 0.495 bits per heavy atom. The lowest BCUT2D eigenvalue weighted by Gasteiger charge is -2.21. The molecule has 19 heteroatoms. The van der Waals surface area contributed by atoms with Gasteiger partial charge in [0.05, 0.1) is 26.4 Å². The minimum atomic E-state index is -4.96. The standard InChI is InChI=1S/C84H164O17P2/c1-7-10-12-14-16-18-20-22-23-24-25-26-27-32-35-39-43-50-56-62-68-83(88)100-79(72-94-82(87)67-61-55-49-42-38-34-31-29-28-30-33-36-40-46-52-58-64-76(4)5)74-98-102(90,91)96-70-78(85)71-97-103(92,93)99-75-80(101-84(89)69-63-57-51-45-44-47-53-59-65-77(6)9-3)73-95-81(86)66-60-54-48-41-37-21-19-17-15-13-11-8-2/h76-80,85H,7-75H2,1-6H3,(H,90,91)(H,92,93)/t77?,78-,79-,80-/m1/s1. The molecule has 17 nitrogen and oxygen atoms in total. The number of aliphatic hydroxyl groups excluding tert-OH is 1. The number of carbonyl (C=O) groups excluding carboxylic acids is 4. The van der Waals surface area contributed by atoms with Crippen LogP contribution in [0.5, 0.6) is 0 Å². The van der Waals surface area contributed by atoms with Crippen LogP contribution in [0.2, 0.25) is 0 Å². The summed E-state index contributed by atoms with van der Waals surface area (Å²) in [5.41, 5.74) is 0. The van der Waals surface area contributed by atoms with Gasteiger partial charge in [-0.05, 0) is 37.5 Å². The van der Waals surface area contributed by atoms with Crippen molar-refractivity contribution in [3.63, 3.8) is 0 Å². The van der Waals surface area contributed by atoms with Crippen molar-refractivity contribution in [3.8, 4) is 0 Å². The van der Waals surface area contributed by atoms with E-state index in [1.807, 2.05) is 0 Å². The second-order valence-corrected chi connectivity index (χ2v) is 33.8. The number of esters is 4. The van der Waals surface area contributed by atoms with Gasteiger partial charge >= 0.3 is 39.5 Å². The van der Waals surface area contributed by atoms with Gasteiger partial charge in [0.2, 0.25) is 0 Å². The Hall–Kier alpha value is -1.94. The molecule has 0 aliphatic heterocycles.